The molecular formula is C20H33N3O2. The maximum Gasteiger partial charge on any atom is 0.119 e. The van der Waals surface area contributed by atoms with Crippen LogP contribution in [0.15, 0.2) is 24.3 Å². The number of ether oxygens (including phenoxy) is 2. The first-order valence-corrected chi connectivity index (χ1v) is 9.48. The molecule has 0 amide bonds. The van der Waals surface area contributed by atoms with Crippen molar-refractivity contribution in [1.29, 1.82) is 0 Å². The van der Waals surface area contributed by atoms with Gasteiger partial charge in [-0.2, -0.15) is 0 Å². The third-order valence-corrected chi connectivity index (χ3v) is 5.48. The van der Waals surface area contributed by atoms with E-state index >= 15 is 0 Å². The second-order valence-corrected chi connectivity index (χ2v) is 7.89. The summed E-state index contributed by atoms with van der Waals surface area (Å²) in [5.74, 6) is 0.985. The van der Waals surface area contributed by atoms with E-state index in [0.29, 0.717) is 0 Å². The molecule has 2 aliphatic heterocycles. The number of nitrogens with zero attached hydrogens (tertiary/aromatic N) is 3. The zero-order valence-corrected chi connectivity index (χ0v) is 16.0. The van der Waals surface area contributed by atoms with Crippen LogP contribution < -0.4 is 4.74 Å². The predicted octanol–water partition coefficient (Wildman–Crippen LogP) is 1.92. The summed E-state index contributed by atoms with van der Waals surface area (Å²) in [5.41, 5.74) is 1.58. The van der Waals surface area contributed by atoms with Gasteiger partial charge in [-0.05, 0) is 38.6 Å². The van der Waals surface area contributed by atoms with Gasteiger partial charge in [0, 0.05) is 51.4 Å². The summed E-state index contributed by atoms with van der Waals surface area (Å²) in [7, 11) is 2.22. The molecule has 5 heteroatoms. The molecule has 140 valence electrons. The molecule has 3 rings (SSSR count). The Bertz CT molecular complexity index is 543. The van der Waals surface area contributed by atoms with Gasteiger partial charge in [0.2, 0.25) is 0 Å². The highest BCUT2D eigenvalue weighted by molar-refractivity contribution is 5.28. The average molecular weight is 348 g/mol. The maximum absolute atomic E-state index is 5.99. The van der Waals surface area contributed by atoms with Crippen molar-refractivity contribution in [2.24, 2.45) is 0 Å². The van der Waals surface area contributed by atoms with Crippen LogP contribution in [0.3, 0.4) is 0 Å². The molecule has 0 atom stereocenters. The number of benzene rings is 1. The lowest BCUT2D eigenvalue weighted by Crippen LogP contribution is -2.57. The van der Waals surface area contributed by atoms with Gasteiger partial charge in [0.1, 0.15) is 12.4 Å². The number of hydrogen-bond acceptors (Lipinski definition) is 5. The van der Waals surface area contributed by atoms with Gasteiger partial charge in [-0.3, -0.25) is 14.7 Å². The van der Waals surface area contributed by atoms with Crippen molar-refractivity contribution < 1.29 is 9.47 Å². The van der Waals surface area contributed by atoms with E-state index in [4.69, 9.17) is 9.47 Å². The molecular weight excluding hydrogens is 314 g/mol. The Balaban J connectivity index is 1.47. The Labute approximate surface area is 152 Å². The fourth-order valence-electron chi connectivity index (χ4n) is 3.59. The molecule has 2 saturated heterocycles. The van der Waals surface area contributed by atoms with Gasteiger partial charge in [0.15, 0.2) is 0 Å². The fraction of sp³-hybridized carbons (Fsp3) is 0.700. The molecule has 25 heavy (non-hydrogen) atoms. The van der Waals surface area contributed by atoms with Crippen molar-refractivity contribution in [1.82, 2.24) is 14.7 Å². The average Bonchev–Trinajstić information content (AvgIpc) is 2.59. The molecule has 0 aromatic heterocycles. The summed E-state index contributed by atoms with van der Waals surface area (Å²) in [6.45, 7) is 14.4. The van der Waals surface area contributed by atoms with Gasteiger partial charge in [-0.1, -0.05) is 12.1 Å². The molecule has 0 unspecified atom stereocenters. The summed E-state index contributed by atoms with van der Waals surface area (Å²) in [6, 6.07) is 8.59. The molecule has 1 aromatic rings. The van der Waals surface area contributed by atoms with E-state index in [-0.39, 0.29) is 5.54 Å². The van der Waals surface area contributed by atoms with Crippen LogP contribution in [-0.4, -0.2) is 86.4 Å². The van der Waals surface area contributed by atoms with Crippen LogP contribution in [0.4, 0.5) is 0 Å². The van der Waals surface area contributed by atoms with Crippen LogP contribution in [0.5, 0.6) is 5.75 Å². The molecule has 5 nitrogen and oxygen atoms in total. The lowest BCUT2D eigenvalue weighted by Gasteiger charge is -2.45. The van der Waals surface area contributed by atoms with E-state index in [1.165, 1.54) is 5.56 Å². The lowest BCUT2D eigenvalue weighted by atomic mass is 9.99. The van der Waals surface area contributed by atoms with Gasteiger partial charge in [0.25, 0.3) is 0 Å². The van der Waals surface area contributed by atoms with Crippen LogP contribution >= 0.6 is 0 Å². The number of rotatable bonds is 6. The molecule has 0 spiro atoms. The van der Waals surface area contributed by atoms with E-state index in [1.807, 2.05) is 0 Å². The second-order valence-electron chi connectivity index (χ2n) is 7.89. The summed E-state index contributed by atoms with van der Waals surface area (Å²) in [5, 5.41) is 0. The number of hydrogen-bond donors (Lipinski definition) is 0. The van der Waals surface area contributed by atoms with Crippen LogP contribution in [0, 0.1) is 0 Å². The van der Waals surface area contributed by atoms with Crippen molar-refractivity contribution in [2.75, 3.05) is 66.1 Å². The highest BCUT2D eigenvalue weighted by atomic mass is 16.5. The monoisotopic (exact) mass is 347 g/mol. The summed E-state index contributed by atoms with van der Waals surface area (Å²) in [4.78, 5) is 7.40. The standard InChI is InChI=1S/C20H33N3O2/c1-20(2)17-23(8-7-21(20)3)16-18-5-4-6-19(15-18)25-14-11-22-9-12-24-13-10-22/h4-6,15H,7-14,16-17H2,1-3H3. The van der Waals surface area contributed by atoms with Crippen molar-refractivity contribution in [2.45, 2.75) is 25.9 Å². The molecule has 2 aliphatic rings. The summed E-state index contributed by atoms with van der Waals surface area (Å²) in [6.07, 6.45) is 0. The molecule has 2 fully saturated rings. The minimum atomic E-state index is 0.241. The Morgan fingerprint density at radius 3 is 2.64 bits per heavy atom. The smallest absolute Gasteiger partial charge is 0.119 e. The largest absolute Gasteiger partial charge is 0.492 e. The van der Waals surface area contributed by atoms with Crippen LogP contribution in [-0.2, 0) is 11.3 Å². The van der Waals surface area contributed by atoms with Gasteiger partial charge >= 0.3 is 0 Å². The van der Waals surface area contributed by atoms with E-state index < -0.39 is 0 Å². The molecule has 0 bridgehead atoms. The predicted molar refractivity (Wildman–Crippen MR) is 101 cm³/mol. The molecule has 1 aromatic carbocycles. The van der Waals surface area contributed by atoms with Crippen molar-refractivity contribution in [3.05, 3.63) is 29.8 Å². The van der Waals surface area contributed by atoms with Crippen molar-refractivity contribution >= 4 is 0 Å². The molecule has 0 saturated carbocycles. The zero-order valence-electron chi connectivity index (χ0n) is 16.0. The number of morpholine rings is 1. The van der Waals surface area contributed by atoms with Crippen LogP contribution in [0.25, 0.3) is 0 Å². The lowest BCUT2D eigenvalue weighted by molar-refractivity contribution is 0.0322. The van der Waals surface area contributed by atoms with E-state index in [0.717, 1.165) is 71.4 Å². The van der Waals surface area contributed by atoms with E-state index in [9.17, 15) is 0 Å². The van der Waals surface area contributed by atoms with Crippen LogP contribution in [0.1, 0.15) is 19.4 Å². The van der Waals surface area contributed by atoms with Crippen LogP contribution in [0.2, 0.25) is 0 Å². The Kier molecular flexibility index (Phi) is 6.34. The minimum absolute atomic E-state index is 0.241. The Morgan fingerprint density at radius 2 is 1.88 bits per heavy atom. The minimum Gasteiger partial charge on any atom is -0.492 e. The first kappa shape index (κ1) is 18.6. The van der Waals surface area contributed by atoms with Crippen molar-refractivity contribution in [3.63, 3.8) is 0 Å². The molecule has 0 aliphatic carbocycles. The third-order valence-electron chi connectivity index (χ3n) is 5.48. The second kappa shape index (κ2) is 8.49. The highest BCUT2D eigenvalue weighted by Crippen LogP contribution is 2.22. The highest BCUT2D eigenvalue weighted by Gasteiger charge is 2.30. The maximum atomic E-state index is 5.99. The zero-order chi connectivity index (χ0) is 17.7. The van der Waals surface area contributed by atoms with Gasteiger partial charge in [0.05, 0.1) is 13.2 Å². The first-order chi connectivity index (χ1) is 12.0. The summed E-state index contributed by atoms with van der Waals surface area (Å²) >= 11 is 0. The summed E-state index contributed by atoms with van der Waals surface area (Å²) < 4.78 is 11.4. The van der Waals surface area contributed by atoms with Gasteiger partial charge in [-0.15, -0.1) is 0 Å². The molecule has 2 heterocycles. The number of piperazine rings is 1. The SMILES string of the molecule is CN1CCN(Cc2cccc(OCCN3CCOCC3)c2)CC1(C)C. The quantitative estimate of drug-likeness (QED) is 0.784. The first-order valence-electron chi connectivity index (χ1n) is 9.48. The van der Waals surface area contributed by atoms with Gasteiger partial charge < -0.3 is 9.47 Å². The third kappa shape index (κ3) is 5.42. The molecule has 0 N–H and O–H groups in total. The normalized spacial score (nSPS) is 22.8. The number of likely N-dealkylation sites (N-methyl/N-ethyl adjacent to an activating group) is 1. The topological polar surface area (TPSA) is 28.2 Å². The Hall–Kier alpha value is -1.14. The van der Waals surface area contributed by atoms with Crippen molar-refractivity contribution in [3.8, 4) is 5.75 Å². The Morgan fingerprint density at radius 1 is 1.08 bits per heavy atom. The van der Waals surface area contributed by atoms with Gasteiger partial charge in [-0.25, -0.2) is 0 Å². The van der Waals surface area contributed by atoms with E-state index in [2.05, 4.69) is 59.9 Å². The van der Waals surface area contributed by atoms with E-state index in [1.54, 1.807) is 0 Å². The molecule has 0 radical (unpaired) electrons. The fourth-order valence-corrected chi connectivity index (χ4v) is 3.59.